The predicted octanol–water partition coefficient (Wildman–Crippen LogP) is 2.80. The van der Waals surface area contributed by atoms with Crippen molar-refractivity contribution in [2.75, 3.05) is 13.7 Å². The molecule has 4 rings (SSSR count). The van der Waals surface area contributed by atoms with E-state index < -0.39 is 17.1 Å². The summed E-state index contributed by atoms with van der Waals surface area (Å²) in [7, 11) is 3.27. The minimum Gasteiger partial charge on any atom is -0.481 e. The van der Waals surface area contributed by atoms with Gasteiger partial charge in [-0.2, -0.15) is 10.1 Å². The summed E-state index contributed by atoms with van der Waals surface area (Å²) < 4.78 is 26.1. The first-order valence-corrected chi connectivity index (χ1v) is 10.1. The van der Waals surface area contributed by atoms with Gasteiger partial charge >= 0.3 is 11.8 Å². The van der Waals surface area contributed by atoms with E-state index in [0.717, 1.165) is 0 Å². The number of methoxy groups -OCH3 is 1. The van der Waals surface area contributed by atoms with Crippen LogP contribution in [0.5, 0.6) is 5.88 Å². The van der Waals surface area contributed by atoms with Crippen molar-refractivity contribution in [3.8, 4) is 17.4 Å². The predicted molar refractivity (Wildman–Crippen MR) is 115 cm³/mol. The third kappa shape index (κ3) is 4.27. The van der Waals surface area contributed by atoms with E-state index >= 15 is 0 Å². The van der Waals surface area contributed by atoms with Crippen LogP contribution in [0.3, 0.4) is 0 Å². The van der Waals surface area contributed by atoms with Crippen LogP contribution in [-0.2, 0) is 12.5 Å². The van der Waals surface area contributed by atoms with E-state index in [-0.39, 0.29) is 24.0 Å². The fraction of sp³-hybridized carbons (Fsp3) is 0.238. The summed E-state index contributed by atoms with van der Waals surface area (Å²) in [6.07, 6.45) is 3.03. The largest absolute Gasteiger partial charge is 0.481 e. The van der Waals surface area contributed by atoms with Crippen molar-refractivity contribution >= 4 is 17.5 Å². The van der Waals surface area contributed by atoms with Crippen LogP contribution in [0, 0.1) is 5.82 Å². The maximum Gasteiger partial charge on any atom is 0.316 e. The smallest absolute Gasteiger partial charge is 0.316 e. The van der Waals surface area contributed by atoms with Crippen LogP contribution in [0.1, 0.15) is 28.9 Å². The number of amides is 1. The Morgan fingerprint density at radius 3 is 2.85 bits per heavy atom. The van der Waals surface area contributed by atoms with Gasteiger partial charge in [-0.05, 0) is 31.2 Å². The summed E-state index contributed by atoms with van der Waals surface area (Å²) in [5.74, 6) is -1.25. The molecule has 1 amide bonds. The lowest BCUT2D eigenvalue weighted by molar-refractivity contribution is 0.0903. The van der Waals surface area contributed by atoms with Crippen LogP contribution in [0.15, 0.2) is 47.2 Å². The van der Waals surface area contributed by atoms with E-state index in [1.165, 1.54) is 25.4 Å². The molecule has 4 heterocycles. The molecule has 0 aliphatic heterocycles. The van der Waals surface area contributed by atoms with Crippen LogP contribution in [0.2, 0.25) is 5.15 Å². The molecule has 33 heavy (non-hydrogen) atoms. The van der Waals surface area contributed by atoms with E-state index in [9.17, 15) is 9.18 Å². The molecule has 0 bridgehead atoms. The van der Waals surface area contributed by atoms with Crippen LogP contribution in [0.4, 0.5) is 4.39 Å². The average Bonchev–Trinajstić information content (AvgIpc) is 3.44. The van der Waals surface area contributed by atoms with Crippen molar-refractivity contribution in [2.24, 2.45) is 7.05 Å². The maximum atomic E-state index is 13.9. The highest BCUT2D eigenvalue weighted by Gasteiger charge is 2.37. The fourth-order valence-corrected chi connectivity index (χ4v) is 3.54. The number of carbonyl (C=O) groups excluding carboxylic acids is 1. The number of hydrogen-bond acceptors (Lipinski definition) is 8. The van der Waals surface area contributed by atoms with E-state index in [1.54, 1.807) is 36.1 Å². The molecule has 0 fully saturated rings. The maximum absolute atomic E-state index is 13.9. The van der Waals surface area contributed by atoms with Crippen LogP contribution < -0.4 is 10.1 Å². The van der Waals surface area contributed by atoms with Gasteiger partial charge in [0, 0.05) is 25.4 Å². The van der Waals surface area contributed by atoms with Gasteiger partial charge in [0.15, 0.2) is 5.82 Å². The van der Waals surface area contributed by atoms with E-state index in [4.69, 9.17) is 20.9 Å². The second-order valence-corrected chi connectivity index (χ2v) is 7.70. The molecule has 0 aliphatic carbocycles. The summed E-state index contributed by atoms with van der Waals surface area (Å²) in [4.78, 5) is 25.1. The number of carbonyl (C=O) groups is 1. The SMILES string of the molecule is COc1c(C(C)(CNC(=O)c2nc(-c3ncccc3F)no2)c2cccc(Cl)n2)cnn1C. The number of ether oxygens (including phenoxy) is 1. The summed E-state index contributed by atoms with van der Waals surface area (Å²) in [5.41, 5.74) is 0.275. The molecule has 4 aromatic rings. The average molecular weight is 472 g/mol. The third-order valence-corrected chi connectivity index (χ3v) is 5.36. The lowest BCUT2D eigenvalue weighted by atomic mass is 9.80. The number of halogens is 2. The summed E-state index contributed by atoms with van der Waals surface area (Å²) in [5, 5.41) is 11.0. The van der Waals surface area contributed by atoms with Crippen LogP contribution in [-0.4, -0.2) is 49.5 Å². The first-order chi connectivity index (χ1) is 15.8. The molecule has 170 valence electrons. The number of hydrogen-bond donors (Lipinski definition) is 1. The monoisotopic (exact) mass is 471 g/mol. The van der Waals surface area contributed by atoms with Crippen LogP contribution >= 0.6 is 11.6 Å². The number of nitrogens with zero attached hydrogens (tertiary/aromatic N) is 6. The highest BCUT2D eigenvalue weighted by atomic mass is 35.5. The Morgan fingerprint density at radius 2 is 2.12 bits per heavy atom. The highest BCUT2D eigenvalue weighted by molar-refractivity contribution is 6.29. The molecule has 12 heteroatoms. The molecule has 1 N–H and O–H groups in total. The molecule has 4 aromatic heterocycles. The van der Waals surface area contributed by atoms with E-state index in [0.29, 0.717) is 22.3 Å². The van der Waals surface area contributed by atoms with E-state index in [2.05, 4.69) is 30.5 Å². The number of pyridine rings is 2. The number of aromatic nitrogens is 6. The van der Waals surface area contributed by atoms with Gasteiger partial charge in [-0.3, -0.25) is 4.79 Å². The quantitative estimate of drug-likeness (QED) is 0.408. The minimum atomic E-state index is -0.879. The van der Waals surface area contributed by atoms with Gasteiger partial charge in [-0.15, -0.1) is 0 Å². The first kappa shape index (κ1) is 22.3. The normalized spacial score (nSPS) is 12.9. The number of nitrogens with one attached hydrogen (secondary N) is 1. The van der Waals surface area contributed by atoms with Gasteiger partial charge in [0.2, 0.25) is 11.7 Å². The van der Waals surface area contributed by atoms with Gasteiger partial charge in [0.25, 0.3) is 0 Å². The van der Waals surface area contributed by atoms with Crippen molar-refractivity contribution in [2.45, 2.75) is 12.3 Å². The molecule has 0 saturated carbocycles. The molecular formula is C21H19ClFN7O3. The summed E-state index contributed by atoms with van der Waals surface area (Å²) in [6, 6.07) is 7.85. The first-order valence-electron chi connectivity index (χ1n) is 9.76. The minimum absolute atomic E-state index is 0.0664. The Morgan fingerprint density at radius 1 is 1.30 bits per heavy atom. The van der Waals surface area contributed by atoms with Gasteiger partial charge in [0.1, 0.15) is 10.8 Å². The second kappa shape index (κ2) is 8.94. The second-order valence-electron chi connectivity index (χ2n) is 7.31. The van der Waals surface area contributed by atoms with Gasteiger partial charge in [-0.1, -0.05) is 22.8 Å². The number of rotatable bonds is 7. The molecule has 10 nitrogen and oxygen atoms in total. The Bertz CT molecular complexity index is 1310. The fourth-order valence-electron chi connectivity index (χ4n) is 3.38. The van der Waals surface area contributed by atoms with Crippen LogP contribution in [0.25, 0.3) is 11.5 Å². The zero-order valence-electron chi connectivity index (χ0n) is 17.9. The lowest BCUT2D eigenvalue weighted by Crippen LogP contribution is -2.40. The molecule has 0 aromatic carbocycles. The van der Waals surface area contributed by atoms with E-state index in [1.807, 2.05) is 6.92 Å². The zero-order chi connectivity index (χ0) is 23.6. The third-order valence-electron chi connectivity index (χ3n) is 5.15. The summed E-state index contributed by atoms with van der Waals surface area (Å²) in [6.45, 7) is 1.94. The topological polar surface area (TPSA) is 121 Å². The van der Waals surface area contributed by atoms with Crippen molar-refractivity contribution in [3.63, 3.8) is 0 Å². The Balaban J connectivity index is 1.63. The van der Waals surface area contributed by atoms with Gasteiger partial charge < -0.3 is 14.6 Å². The molecule has 0 spiro atoms. The van der Waals surface area contributed by atoms with Crippen molar-refractivity contribution < 1.29 is 18.4 Å². The zero-order valence-corrected chi connectivity index (χ0v) is 18.7. The summed E-state index contributed by atoms with van der Waals surface area (Å²) >= 11 is 6.13. The van der Waals surface area contributed by atoms with Crippen molar-refractivity contribution in [3.05, 3.63) is 70.8 Å². The van der Waals surface area contributed by atoms with Crippen molar-refractivity contribution in [1.82, 2.24) is 35.2 Å². The number of aryl methyl sites for hydroxylation is 1. The Kier molecular flexibility index (Phi) is 6.05. The molecular weight excluding hydrogens is 453 g/mol. The van der Waals surface area contributed by atoms with Gasteiger partial charge in [0.05, 0.1) is 24.4 Å². The Labute approximate surface area is 192 Å². The molecule has 0 saturated heterocycles. The van der Waals surface area contributed by atoms with Gasteiger partial charge in [-0.25, -0.2) is 19.0 Å². The standard InChI is InChI=1S/C21H19ClFN7O3/c1-21(14-7-4-8-15(22)27-14,12-10-26-30(2)20(12)32-3)11-25-18(31)19-28-17(29-33-19)16-13(23)6-5-9-24-16/h4-10H,11H2,1-3H3,(H,25,31). The molecule has 0 radical (unpaired) electrons. The molecule has 1 atom stereocenters. The lowest BCUT2D eigenvalue weighted by Gasteiger charge is -2.29. The molecule has 0 aliphatic rings. The Hall–Kier alpha value is -3.86. The molecule has 1 unspecified atom stereocenters. The van der Waals surface area contributed by atoms with Crippen molar-refractivity contribution in [1.29, 1.82) is 0 Å². The highest BCUT2D eigenvalue weighted by Crippen LogP contribution is 2.36.